The molecule has 0 aromatic heterocycles. The first kappa shape index (κ1) is 20.0. The van der Waals surface area contributed by atoms with Gasteiger partial charge in [-0.2, -0.15) is 0 Å². The Bertz CT molecular complexity index is 277. The summed E-state index contributed by atoms with van der Waals surface area (Å²) in [5.41, 5.74) is 0. The molecule has 1 unspecified atom stereocenters. The monoisotopic (exact) mass is 312 g/mol. The fourth-order valence-electron chi connectivity index (χ4n) is 3.46. The molecule has 22 heavy (non-hydrogen) atoms. The minimum Gasteiger partial charge on any atom is -0.366 e. The van der Waals surface area contributed by atoms with Gasteiger partial charge in [-0.3, -0.25) is 0 Å². The highest BCUT2D eigenvalue weighted by atomic mass is 16.7. The van der Waals surface area contributed by atoms with Crippen LogP contribution in [0, 0.1) is 23.7 Å². The Labute approximate surface area is 139 Å². The summed E-state index contributed by atoms with van der Waals surface area (Å²) >= 11 is 0. The van der Waals surface area contributed by atoms with Crippen LogP contribution >= 0.6 is 0 Å². The average Bonchev–Trinajstić information content (AvgIpc) is 3.15. The zero-order chi connectivity index (χ0) is 16.5. The molecule has 2 nitrogen and oxygen atoms in total. The van der Waals surface area contributed by atoms with Gasteiger partial charge in [0.25, 0.3) is 0 Å². The van der Waals surface area contributed by atoms with Crippen molar-refractivity contribution < 1.29 is 9.84 Å². The highest BCUT2D eigenvalue weighted by Gasteiger charge is 2.40. The minimum atomic E-state index is -0.468. The van der Waals surface area contributed by atoms with E-state index in [1.54, 1.807) is 0 Å². The predicted octanol–water partition coefficient (Wildman–Crippen LogP) is 5.78. The lowest BCUT2D eigenvalue weighted by atomic mass is 9.91. The predicted molar refractivity (Wildman–Crippen MR) is 94.8 cm³/mol. The second-order valence-corrected chi connectivity index (χ2v) is 8.37. The van der Waals surface area contributed by atoms with Crippen molar-refractivity contribution >= 4 is 0 Å². The quantitative estimate of drug-likeness (QED) is 0.437. The van der Waals surface area contributed by atoms with Gasteiger partial charge in [-0.05, 0) is 30.1 Å². The second-order valence-electron chi connectivity index (χ2n) is 8.37. The first-order chi connectivity index (χ1) is 10.4. The lowest BCUT2D eigenvalue weighted by Crippen LogP contribution is -2.07. The zero-order valence-corrected chi connectivity index (χ0v) is 15.7. The maximum absolute atomic E-state index is 9.24. The van der Waals surface area contributed by atoms with Gasteiger partial charge in [0.05, 0.1) is 0 Å². The summed E-state index contributed by atoms with van der Waals surface area (Å²) in [5.74, 6) is 3.12. The standard InChI is InChI=1S/C20H40O2/c1-15(2)9-6-10-16(3)11-7-12-17(4)13-8-14-18(5)19-20(21)22-19/h15-21H,6-14H2,1-5H3/t16-,17-,18+,19+,20?/m1/s1. The van der Waals surface area contributed by atoms with Crippen molar-refractivity contribution in [1.29, 1.82) is 0 Å². The SMILES string of the molecule is CC(C)CCC[C@@H](C)CCC[C@@H](C)CCC[C@H](C)[C@@H]1OC1O. The fourth-order valence-corrected chi connectivity index (χ4v) is 3.46. The van der Waals surface area contributed by atoms with Crippen LogP contribution in [0.2, 0.25) is 0 Å². The summed E-state index contributed by atoms with van der Waals surface area (Å²) < 4.78 is 5.13. The molecule has 1 heterocycles. The number of aliphatic hydroxyl groups excluding tert-OH is 1. The van der Waals surface area contributed by atoms with Crippen molar-refractivity contribution in [3.8, 4) is 0 Å². The van der Waals surface area contributed by atoms with E-state index in [1.807, 2.05) is 0 Å². The molecule has 0 radical (unpaired) electrons. The average molecular weight is 313 g/mol. The minimum absolute atomic E-state index is 0.127. The van der Waals surface area contributed by atoms with Crippen LogP contribution in [0.3, 0.4) is 0 Å². The molecule has 1 saturated heterocycles. The lowest BCUT2D eigenvalue weighted by Gasteiger charge is -2.15. The van der Waals surface area contributed by atoms with E-state index in [0.717, 1.165) is 17.8 Å². The van der Waals surface area contributed by atoms with Crippen molar-refractivity contribution in [2.75, 3.05) is 0 Å². The Kier molecular flexibility index (Phi) is 9.66. The van der Waals surface area contributed by atoms with Crippen molar-refractivity contribution in [2.45, 2.75) is 105 Å². The molecule has 0 aromatic rings. The summed E-state index contributed by atoms with van der Waals surface area (Å²) in [6.45, 7) is 11.7. The second kappa shape index (κ2) is 10.6. The van der Waals surface area contributed by atoms with E-state index in [4.69, 9.17) is 4.74 Å². The van der Waals surface area contributed by atoms with Crippen molar-refractivity contribution in [3.05, 3.63) is 0 Å². The normalized spacial score (nSPS) is 25.2. The lowest BCUT2D eigenvalue weighted by molar-refractivity contribution is 0.155. The summed E-state index contributed by atoms with van der Waals surface area (Å²) in [7, 11) is 0. The summed E-state index contributed by atoms with van der Waals surface area (Å²) in [6, 6.07) is 0. The molecular formula is C20H40O2. The molecule has 0 amide bonds. The topological polar surface area (TPSA) is 32.8 Å². The fraction of sp³-hybridized carbons (Fsp3) is 1.00. The van der Waals surface area contributed by atoms with Gasteiger partial charge in [0.2, 0.25) is 0 Å². The molecule has 5 atom stereocenters. The van der Waals surface area contributed by atoms with E-state index < -0.39 is 6.29 Å². The van der Waals surface area contributed by atoms with Gasteiger partial charge < -0.3 is 9.84 Å². The number of ether oxygens (including phenoxy) is 1. The van der Waals surface area contributed by atoms with Crippen LogP contribution < -0.4 is 0 Å². The van der Waals surface area contributed by atoms with Crippen LogP contribution in [-0.4, -0.2) is 17.5 Å². The Balaban J connectivity index is 1.93. The molecule has 1 rings (SSSR count). The van der Waals surface area contributed by atoms with Crippen LogP contribution in [0.4, 0.5) is 0 Å². The number of rotatable bonds is 13. The smallest absolute Gasteiger partial charge is 0.182 e. The van der Waals surface area contributed by atoms with Crippen LogP contribution in [0.5, 0.6) is 0 Å². The van der Waals surface area contributed by atoms with Gasteiger partial charge in [0, 0.05) is 0 Å². The van der Waals surface area contributed by atoms with Crippen molar-refractivity contribution in [2.24, 2.45) is 23.7 Å². The highest BCUT2D eigenvalue weighted by Crippen LogP contribution is 2.31. The summed E-state index contributed by atoms with van der Waals surface area (Å²) in [4.78, 5) is 0. The molecule has 0 saturated carbocycles. The van der Waals surface area contributed by atoms with E-state index in [1.165, 1.54) is 57.8 Å². The molecule has 1 aliphatic rings. The highest BCUT2D eigenvalue weighted by molar-refractivity contribution is 4.80. The maximum Gasteiger partial charge on any atom is 0.182 e. The Morgan fingerprint density at radius 3 is 1.55 bits per heavy atom. The molecule has 1 N–H and O–H groups in total. The third-order valence-corrected chi connectivity index (χ3v) is 5.29. The van der Waals surface area contributed by atoms with Crippen LogP contribution in [-0.2, 0) is 4.74 Å². The molecule has 1 aliphatic heterocycles. The Morgan fingerprint density at radius 1 is 0.727 bits per heavy atom. The first-order valence-corrected chi connectivity index (χ1v) is 9.73. The van der Waals surface area contributed by atoms with E-state index in [9.17, 15) is 5.11 Å². The van der Waals surface area contributed by atoms with Crippen molar-refractivity contribution in [3.63, 3.8) is 0 Å². The van der Waals surface area contributed by atoms with Gasteiger partial charge >= 0.3 is 0 Å². The van der Waals surface area contributed by atoms with Gasteiger partial charge in [-0.25, -0.2) is 0 Å². The molecule has 0 spiro atoms. The van der Waals surface area contributed by atoms with E-state index in [-0.39, 0.29) is 6.10 Å². The number of hydrogen-bond acceptors (Lipinski definition) is 2. The van der Waals surface area contributed by atoms with Gasteiger partial charge in [0.15, 0.2) is 6.29 Å². The third kappa shape index (κ3) is 9.15. The maximum atomic E-state index is 9.24. The molecule has 132 valence electrons. The molecule has 1 fully saturated rings. The van der Waals surface area contributed by atoms with E-state index in [2.05, 4.69) is 34.6 Å². The van der Waals surface area contributed by atoms with Crippen LogP contribution in [0.15, 0.2) is 0 Å². The number of epoxide rings is 1. The third-order valence-electron chi connectivity index (χ3n) is 5.29. The van der Waals surface area contributed by atoms with E-state index in [0.29, 0.717) is 5.92 Å². The number of hydrogen-bond donors (Lipinski definition) is 1. The summed E-state index contributed by atoms with van der Waals surface area (Å²) in [6.07, 6.45) is 11.8. The van der Waals surface area contributed by atoms with Crippen LogP contribution in [0.1, 0.15) is 92.4 Å². The Hall–Kier alpha value is -0.0800. The van der Waals surface area contributed by atoms with Crippen LogP contribution in [0.25, 0.3) is 0 Å². The molecule has 0 aliphatic carbocycles. The van der Waals surface area contributed by atoms with Gasteiger partial charge in [0.1, 0.15) is 6.10 Å². The molecule has 2 heteroatoms. The molecule has 0 bridgehead atoms. The summed E-state index contributed by atoms with van der Waals surface area (Å²) in [5, 5.41) is 9.24. The van der Waals surface area contributed by atoms with Gasteiger partial charge in [-0.15, -0.1) is 0 Å². The van der Waals surface area contributed by atoms with E-state index >= 15 is 0 Å². The van der Waals surface area contributed by atoms with Crippen molar-refractivity contribution in [1.82, 2.24) is 0 Å². The molecular weight excluding hydrogens is 272 g/mol. The first-order valence-electron chi connectivity index (χ1n) is 9.73. The zero-order valence-electron chi connectivity index (χ0n) is 15.7. The Morgan fingerprint density at radius 2 is 1.14 bits per heavy atom. The molecule has 0 aromatic carbocycles. The largest absolute Gasteiger partial charge is 0.366 e. The number of aliphatic hydroxyl groups is 1. The van der Waals surface area contributed by atoms with Gasteiger partial charge in [-0.1, -0.05) is 86.0 Å².